The van der Waals surface area contributed by atoms with Crippen LogP contribution in [0, 0.1) is 0 Å². The number of ether oxygens (including phenoxy) is 1. The van der Waals surface area contributed by atoms with Gasteiger partial charge in [0.15, 0.2) is 0 Å². The minimum atomic E-state index is -3.93. The SMILES string of the molecule is CCNC(=O)C1=CC(c2ccc(OC)cc2)=NS(=O)(=O)N1C. The van der Waals surface area contributed by atoms with Gasteiger partial charge < -0.3 is 10.1 Å². The van der Waals surface area contributed by atoms with Gasteiger partial charge in [0.1, 0.15) is 11.4 Å². The Morgan fingerprint density at radius 1 is 1.32 bits per heavy atom. The fourth-order valence-electron chi connectivity index (χ4n) is 1.91. The summed E-state index contributed by atoms with van der Waals surface area (Å²) in [5, 5.41) is 2.59. The Morgan fingerprint density at radius 2 is 1.95 bits per heavy atom. The fraction of sp³-hybridized carbons (Fsp3) is 0.286. The van der Waals surface area contributed by atoms with Crippen LogP contribution in [0.3, 0.4) is 0 Å². The van der Waals surface area contributed by atoms with Crippen LogP contribution in [-0.4, -0.2) is 45.0 Å². The number of carbonyl (C=O) groups is 1. The summed E-state index contributed by atoms with van der Waals surface area (Å²) in [5.41, 5.74) is 0.823. The Balaban J connectivity index is 2.47. The van der Waals surface area contributed by atoms with Crippen molar-refractivity contribution in [3.63, 3.8) is 0 Å². The van der Waals surface area contributed by atoms with E-state index in [1.165, 1.54) is 13.1 Å². The van der Waals surface area contributed by atoms with Crippen molar-refractivity contribution in [2.45, 2.75) is 6.92 Å². The molecule has 0 fully saturated rings. The summed E-state index contributed by atoms with van der Waals surface area (Å²) >= 11 is 0. The van der Waals surface area contributed by atoms with Gasteiger partial charge in [0.25, 0.3) is 5.91 Å². The van der Waals surface area contributed by atoms with E-state index in [4.69, 9.17) is 4.74 Å². The van der Waals surface area contributed by atoms with E-state index in [0.717, 1.165) is 4.31 Å². The molecule has 1 amide bonds. The zero-order valence-electron chi connectivity index (χ0n) is 12.5. The lowest BCUT2D eigenvalue weighted by molar-refractivity contribution is -0.118. The number of nitrogens with zero attached hydrogens (tertiary/aromatic N) is 2. The number of hydrogen-bond acceptors (Lipinski definition) is 4. The highest BCUT2D eigenvalue weighted by atomic mass is 32.2. The van der Waals surface area contributed by atoms with Crippen molar-refractivity contribution >= 4 is 21.8 Å². The molecular weight excluding hydrogens is 306 g/mol. The molecule has 0 bridgehead atoms. The first-order valence-corrected chi connectivity index (χ1v) is 8.02. The number of methoxy groups -OCH3 is 1. The van der Waals surface area contributed by atoms with Crippen LogP contribution in [0.1, 0.15) is 12.5 Å². The van der Waals surface area contributed by atoms with Gasteiger partial charge in [-0.3, -0.25) is 4.79 Å². The Bertz CT molecular complexity index is 736. The molecule has 0 saturated heterocycles. The van der Waals surface area contributed by atoms with Gasteiger partial charge in [0, 0.05) is 19.2 Å². The molecule has 22 heavy (non-hydrogen) atoms. The number of benzene rings is 1. The van der Waals surface area contributed by atoms with E-state index in [-0.39, 0.29) is 11.4 Å². The van der Waals surface area contributed by atoms with Gasteiger partial charge in [0.05, 0.1) is 12.8 Å². The molecule has 1 aliphatic rings. The minimum absolute atomic E-state index is 0.0302. The highest BCUT2D eigenvalue weighted by Crippen LogP contribution is 2.21. The van der Waals surface area contributed by atoms with Crippen LogP contribution in [0.15, 0.2) is 40.4 Å². The highest BCUT2D eigenvalue weighted by molar-refractivity contribution is 7.88. The van der Waals surface area contributed by atoms with Crippen molar-refractivity contribution in [1.29, 1.82) is 0 Å². The van der Waals surface area contributed by atoms with E-state index in [1.807, 2.05) is 0 Å². The summed E-state index contributed by atoms with van der Waals surface area (Å²) < 4.78 is 33.9. The van der Waals surface area contributed by atoms with Crippen LogP contribution in [0.4, 0.5) is 0 Å². The number of rotatable bonds is 4. The van der Waals surface area contributed by atoms with Gasteiger partial charge in [-0.15, -0.1) is 4.40 Å². The smallest absolute Gasteiger partial charge is 0.345 e. The van der Waals surface area contributed by atoms with E-state index >= 15 is 0 Å². The molecule has 1 heterocycles. The quantitative estimate of drug-likeness (QED) is 0.883. The van der Waals surface area contributed by atoms with Gasteiger partial charge >= 0.3 is 10.2 Å². The first-order chi connectivity index (χ1) is 10.4. The molecule has 0 radical (unpaired) electrons. The molecule has 0 aromatic heterocycles. The molecule has 1 aromatic carbocycles. The molecule has 0 aliphatic carbocycles. The number of likely N-dealkylation sites (N-methyl/N-ethyl adjacent to an activating group) is 2. The maximum Gasteiger partial charge on any atom is 0.345 e. The largest absolute Gasteiger partial charge is 0.497 e. The van der Waals surface area contributed by atoms with Crippen molar-refractivity contribution < 1.29 is 17.9 Å². The van der Waals surface area contributed by atoms with Crippen LogP contribution in [0.2, 0.25) is 0 Å². The standard InChI is InChI=1S/C14H17N3O4S/c1-4-15-14(18)13-9-12(16-22(19,20)17(13)2)10-5-7-11(21-3)8-6-10/h5-9H,4H2,1-3H3,(H,15,18). The maximum atomic E-state index is 12.1. The molecule has 8 heteroatoms. The Kier molecular flexibility index (Phi) is 4.51. The lowest BCUT2D eigenvalue weighted by atomic mass is 10.1. The number of hydrogen-bond donors (Lipinski definition) is 1. The molecule has 7 nitrogen and oxygen atoms in total. The van der Waals surface area contributed by atoms with Crippen molar-refractivity contribution in [3.05, 3.63) is 41.6 Å². The van der Waals surface area contributed by atoms with Crippen molar-refractivity contribution in [2.75, 3.05) is 20.7 Å². The molecule has 1 aromatic rings. The first-order valence-electron chi connectivity index (χ1n) is 6.62. The number of nitrogens with one attached hydrogen (secondary N) is 1. The van der Waals surface area contributed by atoms with Crippen molar-refractivity contribution in [1.82, 2.24) is 9.62 Å². The van der Waals surface area contributed by atoms with Crippen molar-refractivity contribution in [2.24, 2.45) is 4.40 Å². The average molecular weight is 323 g/mol. The molecule has 0 unspecified atom stereocenters. The zero-order valence-corrected chi connectivity index (χ0v) is 13.3. The summed E-state index contributed by atoms with van der Waals surface area (Å²) in [5.74, 6) is 0.183. The Labute approximate surface area is 129 Å². The van der Waals surface area contributed by atoms with Crippen LogP contribution >= 0.6 is 0 Å². The number of allylic oxidation sites excluding steroid dienone is 1. The third kappa shape index (κ3) is 3.11. The molecule has 1 N–H and O–H groups in total. The van der Waals surface area contributed by atoms with Crippen molar-refractivity contribution in [3.8, 4) is 5.75 Å². The van der Waals surface area contributed by atoms with E-state index in [0.29, 0.717) is 17.9 Å². The Hall–Kier alpha value is -2.35. The van der Waals surface area contributed by atoms with Gasteiger partial charge in [0.2, 0.25) is 0 Å². The Morgan fingerprint density at radius 3 is 2.50 bits per heavy atom. The normalized spacial score (nSPS) is 16.6. The second-order valence-electron chi connectivity index (χ2n) is 4.54. The number of amides is 1. The average Bonchev–Trinajstić information content (AvgIpc) is 2.50. The summed E-state index contributed by atoms with van der Waals surface area (Å²) in [7, 11) is -1.09. The predicted molar refractivity (Wildman–Crippen MR) is 83.0 cm³/mol. The third-order valence-corrected chi connectivity index (χ3v) is 4.44. The van der Waals surface area contributed by atoms with E-state index < -0.39 is 16.1 Å². The number of carbonyl (C=O) groups excluding carboxylic acids is 1. The maximum absolute atomic E-state index is 12.1. The lowest BCUT2D eigenvalue weighted by Gasteiger charge is -2.23. The van der Waals surface area contributed by atoms with Crippen LogP contribution < -0.4 is 10.1 Å². The molecule has 0 atom stereocenters. The highest BCUT2D eigenvalue weighted by Gasteiger charge is 2.29. The van der Waals surface area contributed by atoms with Crippen LogP contribution in [-0.2, 0) is 15.0 Å². The van der Waals surface area contributed by atoms with Gasteiger partial charge in [-0.25, -0.2) is 4.31 Å². The summed E-state index contributed by atoms with van der Waals surface area (Å²) in [6.45, 7) is 2.16. The summed E-state index contributed by atoms with van der Waals surface area (Å²) in [4.78, 5) is 12.0. The molecule has 0 spiro atoms. The predicted octanol–water partition coefficient (Wildman–Crippen LogP) is 0.695. The summed E-state index contributed by atoms with van der Waals surface area (Å²) in [6, 6.07) is 6.76. The van der Waals surface area contributed by atoms with E-state index in [1.54, 1.807) is 38.3 Å². The third-order valence-electron chi connectivity index (χ3n) is 3.13. The van der Waals surface area contributed by atoms with E-state index in [9.17, 15) is 13.2 Å². The zero-order chi connectivity index (χ0) is 16.3. The minimum Gasteiger partial charge on any atom is -0.497 e. The van der Waals surface area contributed by atoms with Crippen LogP contribution in [0.25, 0.3) is 0 Å². The van der Waals surface area contributed by atoms with Crippen LogP contribution in [0.5, 0.6) is 5.75 Å². The molecule has 1 aliphatic heterocycles. The second kappa shape index (κ2) is 6.18. The first kappa shape index (κ1) is 16.0. The van der Waals surface area contributed by atoms with E-state index in [2.05, 4.69) is 9.71 Å². The molecule has 0 saturated carbocycles. The van der Waals surface area contributed by atoms with Gasteiger partial charge in [-0.05, 0) is 37.3 Å². The lowest BCUT2D eigenvalue weighted by Crippen LogP contribution is -2.38. The molecule has 118 valence electrons. The summed E-state index contributed by atoms with van der Waals surface area (Å²) in [6.07, 6.45) is 1.45. The molecular formula is C14H17N3O4S. The van der Waals surface area contributed by atoms with Gasteiger partial charge in [-0.2, -0.15) is 8.42 Å². The fourth-order valence-corrected chi connectivity index (χ4v) is 2.83. The monoisotopic (exact) mass is 323 g/mol. The topological polar surface area (TPSA) is 88.1 Å². The second-order valence-corrected chi connectivity index (χ2v) is 6.17. The van der Waals surface area contributed by atoms with Gasteiger partial charge in [-0.1, -0.05) is 0 Å². The molecule has 2 rings (SSSR count).